The number of hydrogen-bond donors (Lipinski definition) is 2. The van der Waals surface area contributed by atoms with Crippen molar-refractivity contribution in [3.05, 3.63) is 36.3 Å². The number of ether oxygens (including phenoxy) is 1. The Kier molecular flexibility index (Phi) is 6.74. The van der Waals surface area contributed by atoms with Crippen LogP contribution in [0.5, 0.6) is 0 Å². The van der Waals surface area contributed by atoms with Crippen LogP contribution in [-0.2, 0) is 16.1 Å². The summed E-state index contributed by atoms with van der Waals surface area (Å²) in [5.41, 5.74) is 6.06. The minimum Gasteiger partial charge on any atom is -0.459 e. The topological polar surface area (TPSA) is 159 Å². The van der Waals surface area contributed by atoms with Gasteiger partial charge >= 0.3 is 11.8 Å². The summed E-state index contributed by atoms with van der Waals surface area (Å²) >= 11 is 3.93. The van der Waals surface area contributed by atoms with E-state index < -0.39 is 34.6 Å². The second kappa shape index (κ2) is 8.69. The number of halogens is 1. The number of nitrogens with two attached hydrogens (primary N) is 1. The smallest absolute Gasteiger partial charge is 0.404 e. The van der Waals surface area contributed by atoms with E-state index >= 15 is 0 Å². The maximum Gasteiger partial charge on any atom is 0.404 e. The Morgan fingerprint density at radius 3 is 2.48 bits per heavy atom. The highest BCUT2D eigenvalue weighted by molar-refractivity contribution is 9.10. The highest BCUT2D eigenvalue weighted by Gasteiger charge is 2.28. The lowest BCUT2D eigenvalue weighted by Gasteiger charge is -2.10. The number of carbonyl (C=O) groups excluding carboxylic acids is 3. The third-order valence-electron chi connectivity index (χ3n) is 3.75. The molecule has 0 aliphatic carbocycles. The molecule has 0 unspecified atom stereocenters. The van der Waals surface area contributed by atoms with Crippen LogP contribution in [0.3, 0.4) is 0 Å². The first-order valence-electron chi connectivity index (χ1n) is 8.25. The van der Waals surface area contributed by atoms with Crippen molar-refractivity contribution in [1.29, 1.82) is 0 Å². The molecule has 0 saturated heterocycles. The molecule has 0 bridgehead atoms. The van der Waals surface area contributed by atoms with Gasteiger partial charge in [-0.2, -0.15) is 4.68 Å². The Balaban J connectivity index is 2.33. The van der Waals surface area contributed by atoms with Crippen molar-refractivity contribution < 1.29 is 24.0 Å². The van der Waals surface area contributed by atoms with E-state index in [4.69, 9.17) is 10.5 Å². The van der Waals surface area contributed by atoms with Gasteiger partial charge in [0.25, 0.3) is 5.91 Å². The van der Waals surface area contributed by atoms with Crippen molar-refractivity contribution >= 4 is 55.9 Å². The maximum atomic E-state index is 12.5. The van der Waals surface area contributed by atoms with E-state index in [2.05, 4.69) is 26.3 Å². The van der Waals surface area contributed by atoms with E-state index in [-0.39, 0.29) is 26.5 Å². The molecule has 13 heteroatoms. The van der Waals surface area contributed by atoms with E-state index in [0.717, 1.165) is 16.0 Å². The van der Waals surface area contributed by atoms with E-state index in [1.807, 2.05) is 0 Å². The van der Waals surface area contributed by atoms with Gasteiger partial charge in [-0.15, -0.1) is 11.3 Å². The SMILES string of the molecule is Cc1c(C(N)=O)sc(NC(=O)Cn2nc([N+](=O)[O-])c(Br)c2C)c1C(=O)OC(C)C. The summed E-state index contributed by atoms with van der Waals surface area (Å²) in [5.74, 6) is -2.47. The fourth-order valence-corrected chi connectivity index (χ4v) is 3.93. The fraction of sp³-hybridized carbons (Fsp3) is 0.375. The van der Waals surface area contributed by atoms with Crippen LogP contribution in [0.4, 0.5) is 10.8 Å². The zero-order chi connectivity index (χ0) is 22.0. The van der Waals surface area contributed by atoms with Crippen LogP contribution in [-0.4, -0.2) is 38.6 Å². The summed E-state index contributed by atoms with van der Waals surface area (Å²) in [6, 6.07) is 0. The number of thiophene rings is 1. The van der Waals surface area contributed by atoms with Crippen molar-refractivity contribution in [3.63, 3.8) is 0 Å². The predicted octanol–water partition coefficient (Wildman–Crippen LogP) is 2.53. The van der Waals surface area contributed by atoms with Crippen molar-refractivity contribution in [2.45, 2.75) is 40.3 Å². The Bertz CT molecular complexity index is 1010. The number of anilines is 1. The molecule has 29 heavy (non-hydrogen) atoms. The van der Waals surface area contributed by atoms with Crippen LogP contribution in [0.2, 0.25) is 0 Å². The number of hydrogen-bond acceptors (Lipinski definition) is 8. The first-order valence-corrected chi connectivity index (χ1v) is 9.86. The van der Waals surface area contributed by atoms with Crippen LogP contribution < -0.4 is 11.1 Å². The number of nitrogens with one attached hydrogen (secondary N) is 1. The van der Waals surface area contributed by atoms with E-state index in [1.54, 1.807) is 20.8 Å². The third kappa shape index (κ3) is 4.79. The van der Waals surface area contributed by atoms with Gasteiger partial charge in [-0.1, -0.05) is 0 Å². The molecule has 0 aliphatic rings. The number of carbonyl (C=O) groups is 3. The molecule has 0 spiro atoms. The molecule has 0 aromatic carbocycles. The van der Waals surface area contributed by atoms with E-state index in [9.17, 15) is 24.5 Å². The van der Waals surface area contributed by atoms with E-state index in [1.165, 1.54) is 6.92 Å². The van der Waals surface area contributed by atoms with E-state index in [0.29, 0.717) is 11.3 Å². The highest BCUT2D eigenvalue weighted by atomic mass is 79.9. The molecule has 0 atom stereocenters. The summed E-state index contributed by atoms with van der Waals surface area (Å²) in [6.45, 7) is 6.07. The van der Waals surface area contributed by atoms with Gasteiger partial charge in [-0.3, -0.25) is 9.59 Å². The number of amides is 2. The first kappa shape index (κ1) is 22.5. The molecule has 2 amide bonds. The number of esters is 1. The number of rotatable bonds is 7. The van der Waals surface area contributed by atoms with Crippen LogP contribution in [0.25, 0.3) is 0 Å². The average molecular weight is 488 g/mol. The molecule has 2 aromatic rings. The molecule has 0 radical (unpaired) electrons. The fourth-order valence-electron chi connectivity index (χ4n) is 2.44. The Morgan fingerprint density at radius 1 is 1.38 bits per heavy atom. The lowest BCUT2D eigenvalue weighted by molar-refractivity contribution is -0.390. The minimum absolute atomic E-state index is 0.0372. The number of nitrogens with zero attached hydrogens (tertiary/aromatic N) is 3. The molecule has 0 aliphatic heterocycles. The highest BCUT2D eigenvalue weighted by Crippen LogP contribution is 2.34. The monoisotopic (exact) mass is 487 g/mol. The normalized spacial score (nSPS) is 10.8. The van der Waals surface area contributed by atoms with Crippen LogP contribution >= 0.6 is 27.3 Å². The average Bonchev–Trinajstić information content (AvgIpc) is 3.05. The summed E-state index contributed by atoms with van der Waals surface area (Å²) in [5, 5.41) is 17.4. The predicted molar refractivity (Wildman–Crippen MR) is 108 cm³/mol. The number of primary amides is 1. The molecular formula is C16H18BrN5O6S. The van der Waals surface area contributed by atoms with Gasteiger partial charge in [-0.25, -0.2) is 4.79 Å². The lowest BCUT2D eigenvalue weighted by Crippen LogP contribution is -2.21. The van der Waals surface area contributed by atoms with Gasteiger partial charge < -0.3 is 25.9 Å². The van der Waals surface area contributed by atoms with Crippen molar-refractivity contribution in [1.82, 2.24) is 9.78 Å². The molecule has 156 valence electrons. The molecule has 2 aromatic heterocycles. The largest absolute Gasteiger partial charge is 0.459 e. The van der Waals surface area contributed by atoms with Crippen molar-refractivity contribution in [3.8, 4) is 0 Å². The first-order chi connectivity index (χ1) is 13.4. The second-order valence-corrected chi connectivity index (χ2v) is 8.08. The Labute approximate surface area is 177 Å². The molecule has 0 fully saturated rings. The quantitative estimate of drug-likeness (QED) is 0.344. The summed E-state index contributed by atoms with van der Waals surface area (Å²) in [4.78, 5) is 47.0. The zero-order valence-electron chi connectivity index (χ0n) is 15.9. The van der Waals surface area contributed by atoms with Crippen LogP contribution in [0, 0.1) is 24.0 Å². The molecule has 3 N–H and O–H groups in total. The third-order valence-corrected chi connectivity index (χ3v) is 5.90. The van der Waals surface area contributed by atoms with Crippen molar-refractivity contribution in [2.24, 2.45) is 5.73 Å². The van der Waals surface area contributed by atoms with Gasteiger partial charge in [-0.05, 0) is 54.1 Å². The van der Waals surface area contributed by atoms with Crippen LogP contribution in [0.1, 0.15) is 45.1 Å². The standard InChI is InChI=1S/C16H18BrN5O6S/c1-6(2)28-16(25)10-7(3)12(13(18)24)29-15(10)19-9(23)5-21-8(4)11(17)14(20-21)22(26)27/h6H,5H2,1-4H3,(H2,18,24)(H,19,23). The van der Waals surface area contributed by atoms with Gasteiger partial charge in [0.15, 0.2) is 0 Å². The molecule has 0 saturated carbocycles. The summed E-state index contributed by atoms with van der Waals surface area (Å²) in [6.07, 6.45) is -0.410. The number of nitro groups is 1. The van der Waals surface area contributed by atoms with Gasteiger partial charge in [0.05, 0.1) is 27.3 Å². The summed E-state index contributed by atoms with van der Waals surface area (Å²) < 4.78 is 6.50. The molecule has 2 heterocycles. The lowest BCUT2D eigenvalue weighted by atomic mass is 10.1. The molecular weight excluding hydrogens is 470 g/mol. The van der Waals surface area contributed by atoms with Crippen LogP contribution in [0.15, 0.2) is 4.47 Å². The number of aromatic nitrogens is 2. The molecule has 2 rings (SSSR count). The Morgan fingerprint density at radius 2 is 2.00 bits per heavy atom. The molecule has 11 nitrogen and oxygen atoms in total. The Hall–Kier alpha value is -2.80. The maximum absolute atomic E-state index is 12.5. The van der Waals surface area contributed by atoms with Gasteiger partial charge in [0.1, 0.15) is 16.0 Å². The summed E-state index contributed by atoms with van der Waals surface area (Å²) in [7, 11) is 0. The van der Waals surface area contributed by atoms with Gasteiger partial charge in [0, 0.05) is 0 Å². The minimum atomic E-state index is -0.742. The second-order valence-electron chi connectivity index (χ2n) is 6.26. The van der Waals surface area contributed by atoms with Crippen molar-refractivity contribution in [2.75, 3.05) is 5.32 Å². The van der Waals surface area contributed by atoms with Gasteiger partial charge in [0.2, 0.25) is 5.91 Å². The zero-order valence-corrected chi connectivity index (χ0v) is 18.3.